The number of aryl methyl sites for hydroxylation is 1. The second kappa shape index (κ2) is 11.8. The van der Waals surface area contributed by atoms with Gasteiger partial charge in [-0.3, -0.25) is 4.79 Å². The number of methoxy groups -OCH3 is 1. The van der Waals surface area contributed by atoms with E-state index in [1.165, 1.54) is 35.4 Å². The van der Waals surface area contributed by atoms with Gasteiger partial charge in [-0.15, -0.1) is 0 Å². The summed E-state index contributed by atoms with van der Waals surface area (Å²) in [5, 5.41) is 4.82. The van der Waals surface area contributed by atoms with Gasteiger partial charge < -0.3 is 23.8 Å². The number of ether oxygens (including phenoxy) is 2. The van der Waals surface area contributed by atoms with Crippen molar-refractivity contribution in [1.82, 2.24) is 39.2 Å². The molecule has 0 unspecified atom stereocenters. The lowest BCUT2D eigenvalue weighted by Gasteiger charge is -2.30. The van der Waals surface area contributed by atoms with Crippen molar-refractivity contribution in [1.29, 1.82) is 0 Å². The number of pyridine rings is 1. The van der Waals surface area contributed by atoms with Gasteiger partial charge in [0, 0.05) is 50.9 Å². The molecule has 49 heavy (non-hydrogen) atoms. The number of imidazole rings is 1. The Kier molecular flexibility index (Phi) is 7.43. The Bertz CT molecular complexity index is 2260. The number of hydrogen-bond donors (Lipinski definition) is 0. The minimum absolute atomic E-state index is 0.0147. The third-order valence-corrected chi connectivity index (χ3v) is 9.16. The Balaban J connectivity index is 1.22. The van der Waals surface area contributed by atoms with E-state index in [1.807, 2.05) is 16.4 Å². The molecule has 1 amide bonds. The highest BCUT2D eigenvalue weighted by Gasteiger charge is 2.42. The summed E-state index contributed by atoms with van der Waals surface area (Å²) in [6.07, 6.45) is 2.17. The fourth-order valence-electron chi connectivity index (χ4n) is 6.87. The van der Waals surface area contributed by atoms with Crippen LogP contribution in [0.1, 0.15) is 12.2 Å². The smallest absolute Gasteiger partial charge is 0.245 e. The van der Waals surface area contributed by atoms with E-state index < -0.39 is 35.7 Å². The number of hydrogen-bond acceptors (Lipinski definition) is 9. The highest BCUT2D eigenvalue weighted by Crippen LogP contribution is 2.35. The molecule has 3 atom stereocenters. The molecule has 2 aliphatic heterocycles. The molecule has 2 aliphatic rings. The van der Waals surface area contributed by atoms with Gasteiger partial charge >= 0.3 is 0 Å². The average molecular weight is 670 g/mol. The Labute approximate surface area is 277 Å². The van der Waals surface area contributed by atoms with Crippen molar-refractivity contribution in [2.75, 3.05) is 32.1 Å². The lowest BCUT2D eigenvalue weighted by Crippen LogP contribution is -2.47. The van der Waals surface area contributed by atoms with E-state index in [2.05, 4.69) is 20.1 Å². The summed E-state index contributed by atoms with van der Waals surface area (Å²) in [5.41, 5.74) is 2.55. The first-order chi connectivity index (χ1) is 23.7. The van der Waals surface area contributed by atoms with Crippen LogP contribution in [0.2, 0.25) is 0 Å². The van der Waals surface area contributed by atoms with Crippen LogP contribution in [0.4, 0.5) is 19.0 Å². The number of anilines is 1. The molecule has 1 saturated heterocycles. The maximum atomic E-state index is 14.9. The number of carbonyl (C=O) groups excluding carboxylic acids is 1. The van der Waals surface area contributed by atoms with Crippen LogP contribution in [0.25, 0.3) is 39.0 Å². The number of fused-ring (bicyclic) bond motifs is 6. The van der Waals surface area contributed by atoms with E-state index in [1.54, 1.807) is 37.3 Å². The van der Waals surface area contributed by atoms with Crippen LogP contribution < -0.4 is 9.64 Å². The van der Waals surface area contributed by atoms with E-state index >= 15 is 0 Å². The van der Waals surface area contributed by atoms with Gasteiger partial charge in [-0.2, -0.15) is 5.10 Å². The zero-order valence-electron chi connectivity index (χ0n) is 26.7. The Morgan fingerprint density at radius 3 is 2.65 bits per heavy atom. The Hall–Kier alpha value is -5.57. The summed E-state index contributed by atoms with van der Waals surface area (Å²) < 4.78 is 58.9. The average Bonchev–Trinajstić information content (AvgIpc) is 3.78. The fourth-order valence-corrected chi connectivity index (χ4v) is 6.87. The molecule has 8 rings (SSSR count). The molecule has 0 N–H and O–H groups in total. The van der Waals surface area contributed by atoms with Crippen molar-refractivity contribution in [2.24, 2.45) is 0 Å². The van der Waals surface area contributed by atoms with Crippen LogP contribution in [0.15, 0.2) is 61.1 Å². The van der Waals surface area contributed by atoms with Gasteiger partial charge in [0.2, 0.25) is 11.8 Å². The lowest BCUT2D eigenvalue weighted by atomic mass is 10.1. The molecule has 4 aromatic heterocycles. The molecule has 0 spiro atoms. The molecule has 6 heterocycles. The normalized spacial score (nSPS) is 19.7. The molecule has 12 nitrogen and oxygen atoms in total. The highest BCUT2D eigenvalue weighted by atomic mass is 19.1. The molecule has 0 radical (unpaired) electrons. The zero-order chi connectivity index (χ0) is 34.0. The number of carbonyl (C=O) groups is 1. The molecule has 0 saturated carbocycles. The van der Waals surface area contributed by atoms with Gasteiger partial charge in [0.05, 0.1) is 47.5 Å². The molecule has 6 aromatic rings. The number of aromatic nitrogens is 7. The SMILES string of the molecule is CO[C@@H]1CN(C)C(=O)[C@@H]2C[C@@H](CN2c2ncnc3c2cnn3-c2ccc(F)cc2F)Oc2cccc(n2)-c2cc(F)cc3nc(C)n(c23)C1. The molecule has 15 heteroatoms. The van der Waals surface area contributed by atoms with Gasteiger partial charge in [0.15, 0.2) is 11.5 Å². The van der Waals surface area contributed by atoms with Gasteiger partial charge in [0.25, 0.3) is 0 Å². The van der Waals surface area contributed by atoms with Crippen molar-refractivity contribution >= 4 is 33.8 Å². The molecular formula is C34H30F3N9O3. The number of benzene rings is 2. The summed E-state index contributed by atoms with van der Waals surface area (Å²) in [6, 6.07) is 10.6. The van der Waals surface area contributed by atoms with Crippen molar-refractivity contribution in [3.8, 4) is 22.8 Å². The number of amides is 1. The van der Waals surface area contributed by atoms with Crippen molar-refractivity contribution in [2.45, 2.75) is 38.1 Å². The van der Waals surface area contributed by atoms with E-state index in [0.717, 1.165) is 12.1 Å². The summed E-state index contributed by atoms with van der Waals surface area (Å²) >= 11 is 0. The Morgan fingerprint density at radius 1 is 0.980 bits per heavy atom. The lowest BCUT2D eigenvalue weighted by molar-refractivity contribution is -0.133. The third kappa shape index (κ3) is 5.30. The second-order valence-electron chi connectivity index (χ2n) is 12.3. The van der Waals surface area contributed by atoms with E-state index in [0.29, 0.717) is 58.2 Å². The monoisotopic (exact) mass is 669 g/mol. The molecular weight excluding hydrogens is 639 g/mol. The minimum atomic E-state index is -0.804. The molecule has 4 bridgehead atoms. The van der Waals surface area contributed by atoms with Crippen LogP contribution in [-0.4, -0.2) is 90.6 Å². The first-order valence-electron chi connectivity index (χ1n) is 15.7. The molecule has 2 aromatic carbocycles. The topological polar surface area (TPSA) is 116 Å². The van der Waals surface area contributed by atoms with E-state index in [-0.39, 0.29) is 30.3 Å². The fraction of sp³-hybridized carbons (Fsp3) is 0.294. The van der Waals surface area contributed by atoms with E-state index in [4.69, 9.17) is 14.5 Å². The number of nitrogens with zero attached hydrogens (tertiary/aromatic N) is 9. The van der Waals surface area contributed by atoms with E-state index in [9.17, 15) is 18.0 Å². The summed E-state index contributed by atoms with van der Waals surface area (Å²) in [7, 11) is 3.30. The van der Waals surface area contributed by atoms with Crippen molar-refractivity contribution < 1.29 is 27.4 Å². The van der Waals surface area contributed by atoms with Crippen LogP contribution >= 0.6 is 0 Å². The summed E-state index contributed by atoms with van der Waals surface area (Å²) in [4.78, 5) is 36.1. The largest absolute Gasteiger partial charge is 0.472 e. The number of halogens is 3. The summed E-state index contributed by atoms with van der Waals surface area (Å²) in [5.74, 6) is -0.778. The first kappa shape index (κ1) is 30.7. The van der Waals surface area contributed by atoms with Gasteiger partial charge in [-0.05, 0) is 31.2 Å². The van der Waals surface area contributed by atoms with Gasteiger partial charge in [0.1, 0.15) is 47.4 Å². The number of rotatable bonds is 3. The first-order valence-corrected chi connectivity index (χ1v) is 15.7. The quantitative estimate of drug-likeness (QED) is 0.269. The van der Waals surface area contributed by atoms with Crippen LogP contribution in [-0.2, 0) is 16.1 Å². The number of likely N-dealkylation sites (N-methyl/N-ethyl adjacent to an activating group) is 1. The maximum absolute atomic E-state index is 14.9. The minimum Gasteiger partial charge on any atom is -0.472 e. The van der Waals surface area contributed by atoms with Crippen molar-refractivity contribution in [3.05, 3.63) is 84.3 Å². The predicted molar refractivity (Wildman–Crippen MR) is 173 cm³/mol. The Morgan fingerprint density at radius 2 is 1.84 bits per heavy atom. The van der Waals surface area contributed by atoms with Crippen molar-refractivity contribution in [3.63, 3.8) is 0 Å². The standard InChI is InChI=1S/C34H30F3N9O3/c1-18-41-27-11-20(36)9-23-26-5-4-6-30(42-26)49-21-12-29(34(47)43(2)14-22(48-3)16-44(18)31(23)27)45(15-21)32-24-13-40-46(33(24)39-17-38-32)28-8-7-19(35)10-25(28)37/h4-11,13,17,21-22,29H,12,14-16H2,1-3H3/t21-,22+,29-/m0/s1. The zero-order valence-corrected chi connectivity index (χ0v) is 26.7. The predicted octanol–water partition coefficient (Wildman–Crippen LogP) is 4.47. The van der Waals surface area contributed by atoms with Crippen LogP contribution in [0, 0.1) is 24.4 Å². The third-order valence-electron chi connectivity index (χ3n) is 9.16. The van der Waals surface area contributed by atoms with Gasteiger partial charge in [-0.25, -0.2) is 37.8 Å². The summed E-state index contributed by atoms with van der Waals surface area (Å²) in [6.45, 7) is 2.68. The molecule has 0 aliphatic carbocycles. The maximum Gasteiger partial charge on any atom is 0.245 e. The molecule has 250 valence electrons. The highest BCUT2D eigenvalue weighted by molar-refractivity contribution is 5.93. The van der Waals surface area contributed by atoms with Crippen LogP contribution in [0.3, 0.4) is 0 Å². The van der Waals surface area contributed by atoms with Crippen LogP contribution in [0.5, 0.6) is 5.88 Å². The molecule has 1 fully saturated rings. The second-order valence-corrected chi connectivity index (χ2v) is 12.3. The van der Waals surface area contributed by atoms with Gasteiger partial charge in [-0.1, -0.05) is 6.07 Å².